The van der Waals surface area contributed by atoms with E-state index < -0.39 is 0 Å². The van der Waals surface area contributed by atoms with Gasteiger partial charge in [-0.25, -0.2) is 4.98 Å². The van der Waals surface area contributed by atoms with Crippen molar-refractivity contribution in [1.29, 1.82) is 0 Å². The number of hydrogen-bond acceptors (Lipinski definition) is 4. The SMILES string of the molecule is CC(C)(C)c1nsc(NCC2CCCCC2Cl)n1. The minimum absolute atomic E-state index is 0.0241. The van der Waals surface area contributed by atoms with Crippen molar-refractivity contribution < 1.29 is 0 Å². The van der Waals surface area contributed by atoms with E-state index >= 15 is 0 Å². The number of alkyl halides is 1. The normalized spacial score (nSPS) is 25.1. The average molecular weight is 288 g/mol. The van der Waals surface area contributed by atoms with Crippen LogP contribution >= 0.6 is 23.1 Å². The Balaban J connectivity index is 1.88. The van der Waals surface area contributed by atoms with Gasteiger partial charge in [0.2, 0.25) is 5.13 Å². The predicted molar refractivity (Wildman–Crippen MR) is 78.7 cm³/mol. The molecular formula is C13H22ClN3S. The number of halogens is 1. The van der Waals surface area contributed by atoms with Gasteiger partial charge in [0.15, 0.2) is 0 Å². The fraction of sp³-hybridized carbons (Fsp3) is 0.846. The zero-order valence-corrected chi connectivity index (χ0v) is 12.9. The molecular weight excluding hydrogens is 266 g/mol. The van der Waals surface area contributed by atoms with Crippen LogP contribution in [0.5, 0.6) is 0 Å². The highest BCUT2D eigenvalue weighted by Gasteiger charge is 2.24. The van der Waals surface area contributed by atoms with Crippen molar-refractivity contribution in [2.24, 2.45) is 5.92 Å². The third-order valence-electron chi connectivity index (χ3n) is 3.43. The summed E-state index contributed by atoms with van der Waals surface area (Å²) in [6.45, 7) is 7.32. The lowest BCUT2D eigenvalue weighted by Gasteiger charge is -2.26. The second-order valence-corrected chi connectivity index (χ2v) is 7.43. The molecule has 1 N–H and O–H groups in total. The van der Waals surface area contributed by atoms with Gasteiger partial charge in [0, 0.05) is 28.9 Å². The number of nitrogens with zero attached hydrogens (tertiary/aromatic N) is 2. The molecule has 5 heteroatoms. The highest BCUT2D eigenvalue weighted by Crippen LogP contribution is 2.29. The van der Waals surface area contributed by atoms with E-state index in [0.29, 0.717) is 11.3 Å². The molecule has 1 aliphatic carbocycles. The van der Waals surface area contributed by atoms with Crippen molar-refractivity contribution >= 4 is 28.3 Å². The van der Waals surface area contributed by atoms with Crippen LogP contribution in [-0.2, 0) is 5.41 Å². The molecule has 2 rings (SSSR count). The van der Waals surface area contributed by atoms with Gasteiger partial charge >= 0.3 is 0 Å². The molecule has 0 amide bonds. The van der Waals surface area contributed by atoms with Crippen LogP contribution < -0.4 is 5.32 Å². The van der Waals surface area contributed by atoms with Gasteiger partial charge in [-0.2, -0.15) is 4.37 Å². The molecule has 1 aromatic heterocycles. The summed E-state index contributed by atoms with van der Waals surface area (Å²) in [5.41, 5.74) is 0.0241. The van der Waals surface area contributed by atoms with Crippen molar-refractivity contribution in [1.82, 2.24) is 9.36 Å². The molecule has 0 aromatic carbocycles. The summed E-state index contributed by atoms with van der Waals surface area (Å²) < 4.78 is 4.41. The van der Waals surface area contributed by atoms with E-state index in [-0.39, 0.29) is 5.41 Å². The standard InChI is InChI=1S/C13H22ClN3S/c1-13(2,3)11-16-12(18-17-11)15-8-9-6-4-5-7-10(9)14/h9-10H,4-8H2,1-3H3,(H,15,16,17). The molecule has 18 heavy (non-hydrogen) atoms. The maximum absolute atomic E-state index is 6.35. The molecule has 0 spiro atoms. The zero-order valence-electron chi connectivity index (χ0n) is 11.4. The van der Waals surface area contributed by atoms with Gasteiger partial charge < -0.3 is 5.32 Å². The van der Waals surface area contributed by atoms with Gasteiger partial charge in [-0.05, 0) is 18.8 Å². The molecule has 1 aromatic rings. The topological polar surface area (TPSA) is 37.8 Å². The van der Waals surface area contributed by atoms with Gasteiger partial charge in [-0.3, -0.25) is 0 Å². The molecule has 2 unspecified atom stereocenters. The van der Waals surface area contributed by atoms with Gasteiger partial charge in [0.1, 0.15) is 5.82 Å². The van der Waals surface area contributed by atoms with E-state index in [4.69, 9.17) is 11.6 Å². The van der Waals surface area contributed by atoms with E-state index in [9.17, 15) is 0 Å². The molecule has 102 valence electrons. The van der Waals surface area contributed by atoms with Gasteiger partial charge in [0.25, 0.3) is 0 Å². The lowest BCUT2D eigenvalue weighted by molar-refractivity contribution is 0.380. The minimum Gasteiger partial charge on any atom is -0.360 e. The Hall–Kier alpha value is -0.350. The van der Waals surface area contributed by atoms with Crippen LogP contribution in [0.4, 0.5) is 5.13 Å². The molecule has 1 aliphatic rings. The van der Waals surface area contributed by atoms with E-state index in [1.54, 1.807) is 0 Å². The van der Waals surface area contributed by atoms with E-state index in [2.05, 4.69) is 35.4 Å². The van der Waals surface area contributed by atoms with Crippen LogP contribution in [0, 0.1) is 5.92 Å². The second-order valence-electron chi connectivity index (χ2n) is 6.11. The number of anilines is 1. The number of aromatic nitrogens is 2. The number of rotatable bonds is 3. The second kappa shape index (κ2) is 5.74. The van der Waals surface area contributed by atoms with Crippen molar-refractivity contribution in [3.8, 4) is 0 Å². The lowest BCUT2D eigenvalue weighted by Crippen LogP contribution is -2.26. The van der Waals surface area contributed by atoms with Crippen LogP contribution in [0.2, 0.25) is 0 Å². The Kier molecular flexibility index (Phi) is 4.49. The van der Waals surface area contributed by atoms with Crippen LogP contribution in [0.25, 0.3) is 0 Å². The molecule has 1 saturated carbocycles. The Morgan fingerprint density at radius 1 is 1.33 bits per heavy atom. The molecule has 1 fully saturated rings. The molecule has 2 atom stereocenters. The highest BCUT2D eigenvalue weighted by atomic mass is 35.5. The summed E-state index contributed by atoms with van der Waals surface area (Å²) in [4.78, 5) is 4.54. The Morgan fingerprint density at radius 2 is 2.06 bits per heavy atom. The minimum atomic E-state index is 0.0241. The summed E-state index contributed by atoms with van der Waals surface area (Å²) in [5.74, 6) is 1.49. The summed E-state index contributed by atoms with van der Waals surface area (Å²) >= 11 is 7.80. The van der Waals surface area contributed by atoms with Crippen LogP contribution in [-0.4, -0.2) is 21.3 Å². The van der Waals surface area contributed by atoms with Gasteiger partial charge in [-0.1, -0.05) is 33.6 Å². The first-order valence-corrected chi connectivity index (χ1v) is 7.90. The molecule has 0 bridgehead atoms. The smallest absolute Gasteiger partial charge is 0.202 e. The molecule has 1 heterocycles. The Labute approximate surface area is 119 Å². The van der Waals surface area contributed by atoms with E-state index in [1.165, 1.54) is 30.8 Å². The van der Waals surface area contributed by atoms with Gasteiger partial charge in [-0.15, -0.1) is 11.6 Å². The van der Waals surface area contributed by atoms with Crippen molar-refractivity contribution in [2.75, 3.05) is 11.9 Å². The fourth-order valence-electron chi connectivity index (χ4n) is 2.21. The van der Waals surface area contributed by atoms with Gasteiger partial charge in [0.05, 0.1) is 0 Å². The summed E-state index contributed by atoms with van der Waals surface area (Å²) in [6.07, 6.45) is 4.96. The quantitative estimate of drug-likeness (QED) is 0.853. The molecule has 0 saturated heterocycles. The Bertz CT molecular complexity index is 386. The first-order chi connectivity index (χ1) is 8.47. The van der Waals surface area contributed by atoms with Crippen LogP contribution in [0.3, 0.4) is 0 Å². The third-order valence-corrected chi connectivity index (χ3v) is 4.68. The summed E-state index contributed by atoms with van der Waals surface area (Å²) in [6, 6.07) is 0. The molecule has 3 nitrogen and oxygen atoms in total. The van der Waals surface area contributed by atoms with Crippen LogP contribution in [0.15, 0.2) is 0 Å². The maximum Gasteiger partial charge on any atom is 0.202 e. The first-order valence-electron chi connectivity index (χ1n) is 6.69. The number of nitrogens with one attached hydrogen (secondary N) is 1. The summed E-state index contributed by atoms with van der Waals surface area (Å²) in [7, 11) is 0. The third kappa shape index (κ3) is 3.58. The van der Waals surface area contributed by atoms with Crippen molar-refractivity contribution in [3.63, 3.8) is 0 Å². The van der Waals surface area contributed by atoms with Crippen molar-refractivity contribution in [3.05, 3.63) is 5.82 Å². The zero-order chi connectivity index (χ0) is 13.2. The molecule has 0 aliphatic heterocycles. The van der Waals surface area contributed by atoms with E-state index in [0.717, 1.165) is 23.9 Å². The summed E-state index contributed by atoms with van der Waals surface area (Å²) in [5, 5.41) is 4.64. The van der Waals surface area contributed by atoms with Crippen LogP contribution in [0.1, 0.15) is 52.3 Å². The average Bonchev–Trinajstić information content (AvgIpc) is 2.76. The maximum atomic E-state index is 6.35. The number of hydrogen-bond donors (Lipinski definition) is 1. The van der Waals surface area contributed by atoms with Crippen molar-refractivity contribution in [2.45, 2.75) is 57.2 Å². The monoisotopic (exact) mass is 287 g/mol. The highest BCUT2D eigenvalue weighted by molar-refractivity contribution is 7.09. The first kappa shape index (κ1) is 14.1. The predicted octanol–water partition coefficient (Wildman–Crippen LogP) is 4.05. The fourth-order valence-corrected chi connectivity index (χ4v) is 3.34. The Morgan fingerprint density at radius 3 is 2.67 bits per heavy atom. The molecule has 0 radical (unpaired) electrons. The largest absolute Gasteiger partial charge is 0.360 e. The lowest BCUT2D eigenvalue weighted by atomic mass is 9.89. The van der Waals surface area contributed by atoms with E-state index in [1.807, 2.05) is 0 Å².